The van der Waals surface area contributed by atoms with Crippen molar-refractivity contribution in [2.24, 2.45) is 4.36 Å². The Morgan fingerprint density at radius 1 is 1.67 bits per heavy atom. The molecule has 0 fully saturated rings. The van der Waals surface area contributed by atoms with Crippen LogP contribution in [0.2, 0.25) is 0 Å². The van der Waals surface area contributed by atoms with Crippen LogP contribution in [0.5, 0.6) is 0 Å². The lowest BCUT2D eigenvalue weighted by Gasteiger charge is -2.17. The summed E-state index contributed by atoms with van der Waals surface area (Å²) in [6, 6.07) is 0. The molecule has 0 aromatic carbocycles. The van der Waals surface area contributed by atoms with Crippen molar-refractivity contribution in [3.05, 3.63) is 12.3 Å². The molecular weight excluding hydrogens is 190 g/mol. The highest BCUT2D eigenvalue weighted by atomic mass is 32.2. The average molecular weight is 201 g/mol. The van der Waals surface area contributed by atoms with Crippen molar-refractivity contribution in [1.29, 1.82) is 0 Å². The normalized spacial score (nSPS) is 34.5. The van der Waals surface area contributed by atoms with E-state index in [0.29, 0.717) is 5.25 Å². The van der Waals surface area contributed by atoms with E-state index in [1.807, 2.05) is 6.20 Å². The molecule has 12 heavy (non-hydrogen) atoms. The lowest BCUT2D eigenvalue weighted by molar-refractivity contribution is 0.734. The van der Waals surface area contributed by atoms with Crippen LogP contribution in [-0.4, -0.2) is 23.3 Å². The van der Waals surface area contributed by atoms with Gasteiger partial charge in [-0.3, -0.25) is 0 Å². The van der Waals surface area contributed by atoms with Crippen LogP contribution < -0.4 is 10.0 Å². The first kappa shape index (κ1) is 8.34. The minimum absolute atomic E-state index is 0.0368. The minimum Gasteiger partial charge on any atom is -0.391 e. The molecule has 0 aliphatic carbocycles. The predicted octanol–water partition coefficient (Wildman–Crippen LogP) is 0.510. The van der Waals surface area contributed by atoms with Gasteiger partial charge in [-0.05, 0) is 23.5 Å². The maximum atomic E-state index is 5.00. The van der Waals surface area contributed by atoms with Crippen molar-refractivity contribution < 1.29 is 0 Å². The molecule has 0 saturated carbocycles. The Morgan fingerprint density at radius 3 is 3.17 bits per heavy atom. The van der Waals surface area contributed by atoms with Gasteiger partial charge in [0.2, 0.25) is 0 Å². The van der Waals surface area contributed by atoms with Crippen molar-refractivity contribution in [2.45, 2.75) is 11.7 Å². The highest BCUT2D eigenvalue weighted by Crippen LogP contribution is 2.11. The van der Waals surface area contributed by atoms with Gasteiger partial charge in [-0.25, -0.2) is 9.08 Å². The van der Waals surface area contributed by atoms with E-state index in [-0.39, 0.29) is 10.9 Å². The van der Waals surface area contributed by atoms with Gasteiger partial charge in [0.15, 0.2) is 0 Å². The zero-order chi connectivity index (χ0) is 8.39. The van der Waals surface area contributed by atoms with Crippen molar-refractivity contribution in [3.8, 4) is 0 Å². The Labute approximate surface area is 79.8 Å². The van der Waals surface area contributed by atoms with Crippen LogP contribution in [0.3, 0.4) is 0 Å². The fourth-order valence-corrected chi connectivity index (χ4v) is 3.21. The van der Waals surface area contributed by atoms with Crippen LogP contribution in [0.15, 0.2) is 16.6 Å². The molecule has 3 nitrogen and oxygen atoms in total. The number of nitrogens with one attached hydrogen (secondary N) is 2. The van der Waals surface area contributed by atoms with E-state index < -0.39 is 0 Å². The number of rotatable bonds is 1. The zero-order valence-electron chi connectivity index (χ0n) is 6.62. The standard InChI is InChI=1S/C7H11N3S2/c11-7-5-9-12(10-7)6-1-3-8-4-2-6/h1,3,6,8H,2,4-5H2,(H,9,10,11). The van der Waals surface area contributed by atoms with Crippen LogP contribution >= 0.6 is 12.2 Å². The smallest absolute Gasteiger partial charge is 0.126 e. The van der Waals surface area contributed by atoms with Gasteiger partial charge in [0.25, 0.3) is 0 Å². The predicted molar refractivity (Wildman–Crippen MR) is 55.9 cm³/mol. The van der Waals surface area contributed by atoms with Gasteiger partial charge in [0, 0.05) is 6.54 Å². The van der Waals surface area contributed by atoms with Gasteiger partial charge in [-0.1, -0.05) is 18.3 Å². The van der Waals surface area contributed by atoms with E-state index in [1.54, 1.807) is 0 Å². The summed E-state index contributed by atoms with van der Waals surface area (Å²) in [5.74, 6) is 0. The van der Waals surface area contributed by atoms with Crippen LogP contribution in [0, 0.1) is 0 Å². The number of thiocarbonyl (C=S) groups is 1. The molecule has 2 heterocycles. The fraction of sp³-hybridized carbons (Fsp3) is 0.571. The second kappa shape index (κ2) is 3.64. The maximum absolute atomic E-state index is 5.00. The van der Waals surface area contributed by atoms with E-state index in [2.05, 4.69) is 20.5 Å². The van der Waals surface area contributed by atoms with Gasteiger partial charge >= 0.3 is 0 Å². The first-order valence-electron chi connectivity index (χ1n) is 3.97. The van der Waals surface area contributed by atoms with Crippen LogP contribution in [0.4, 0.5) is 0 Å². The third kappa shape index (κ3) is 1.73. The fourth-order valence-electron chi connectivity index (χ4n) is 1.25. The summed E-state index contributed by atoms with van der Waals surface area (Å²) in [5.41, 5.74) is 0. The quantitative estimate of drug-likeness (QED) is 0.607. The summed E-state index contributed by atoms with van der Waals surface area (Å²) in [7, 11) is -0.0368. The molecule has 0 bridgehead atoms. The van der Waals surface area contributed by atoms with Crippen LogP contribution in [-0.2, 0) is 10.9 Å². The van der Waals surface area contributed by atoms with Crippen molar-refractivity contribution in [3.63, 3.8) is 0 Å². The number of nitrogens with zero attached hydrogens (tertiary/aromatic N) is 1. The molecule has 0 saturated heterocycles. The second-order valence-corrected chi connectivity index (χ2v) is 4.94. The lowest BCUT2D eigenvalue weighted by atomic mass is 10.2. The summed E-state index contributed by atoms with van der Waals surface area (Å²) in [6.07, 6.45) is 5.34. The molecule has 0 radical (unpaired) electrons. The Hall–Kier alpha value is -0.260. The van der Waals surface area contributed by atoms with Gasteiger partial charge in [-0.2, -0.15) is 0 Å². The van der Waals surface area contributed by atoms with E-state index in [1.165, 1.54) is 0 Å². The molecule has 0 aromatic heterocycles. The van der Waals surface area contributed by atoms with E-state index in [0.717, 1.165) is 24.5 Å². The monoisotopic (exact) mass is 201 g/mol. The maximum Gasteiger partial charge on any atom is 0.126 e. The Morgan fingerprint density at radius 2 is 2.58 bits per heavy atom. The summed E-state index contributed by atoms with van der Waals surface area (Å²) >= 11 is 5.00. The van der Waals surface area contributed by atoms with Crippen LogP contribution in [0.25, 0.3) is 0 Å². The van der Waals surface area contributed by atoms with Gasteiger partial charge < -0.3 is 5.32 Å². The Balaban J connectivity index is 2.08. The SMILES string of the molecule is S=C1CNS(C2C=CNCC2)=N1. The van der Waals surface area contributed by atoms with Gasteiger partial charge in [-0.15, -0.1) is 0 Å². The molecule has 66 valence electrons. The molecule has 2 aliphatic rings. The molecule has 2 rings (SSSR count). The zero-order valence-corrected chi connectivity index (χ0v) is 8.25. The molecular formula is C7H11N3S2. The summed E-state index contributed by atoms with van der Waals surface area (Å²) in [6.45, 7) is 1.84. The first-order valence-corrected chi connectivity index (χ1v) is 5.63. The van der Waals surface area contributed by atoms with Crippen molar-refractivity contribution in [1.82, 2.24) is 10.0 Å². The molecule has 5 heteroatoms. The average Bonchev–Trinajstić information content (AvgIpc) is 2.54. The number of hydrogen-bond acceptors (Lipinski definition) is 3. The van der Waals surface area contributed by atoms with E-state index >= 15 is 0 Å². The lowest BCUT2D eigenvalue weighted by Crippen LogP contribution is -2.29. The van der Waals surface area contributed by atoms with Crippen molar-refractivity contribution >= 4 is 28.1 Å². The third-order valence-corrected chi connectivity index (χ3v) is 4.03. The summed E-state index contributed by atoms with van der Waals surface area (Å²) < 4.78 is 7.70. The first-order chi connectivity index (χ1) is 5.86. The topological polar surface area (TPSA) is 36.4 Å². The molecule has 0 amide bonds. The second-order valence-electron chi connectivity index (χ2n) is 2.76. The van der Waals surface area contributed by atoms with Crippen LogP contribution in [0.1, 0.15) is 6.42 Å². The Bertz CT molecular complexity index is 259. The third-order valence-electron chi connectivity index (χ3n) is 1.86. The van der Waals surface area contributed by atoms with Gasteiger partial charge in [0.1, 0.15) is 4.99 Å². The molecule has 0 spiro atoms. The van der Waals surface area contributed by atoms with Gasteiger partial charge in [0.05, 0.1) is 11.8 Å². The summed E-state index contributed by atoms with van der Waals surface area (Å²) in [4.78, 5) is 0.824. The molecule has 2 N–H and O–H groups in total. The molecule has 0 aromatic rings. The van der Waals surface area contributed by atoms with E-state index in [4.69, 9.17) is 12.2 Å². The molecule has 2 unspecified atom stereocenters. The molecule has 2 atom stereocenters. The van der Waals surface area contributed by atoms with Crippen molar-refractivity contribution in [2.75, 3.05) is 13.1 Å². The molecule has 2 aliphatic heterocycles. The highest BCUT2D eigenvalue weighted by Gasteiger charge is 2.18. The number of hydrogen-bond donors (Lipinski definition) is 2. The Kier molecular flexibility index (Phi) is 2.53. The summed E-state index contributed by atoms with van der Waals surface area (Å²) in [5, 5.41) is 3.72. The van der Waals surface area contributed by atoms with E-state index in [9.17, 15) is 0 Å². The highest BCUT2D eigenvalue weighted by molar-refractivity contribution is 7.89. The largest absolute Gasteiger partial charge is 0.391 e. The minimum atomic E-state index is -0.0368.